The topological polar surface area (TPSA) is 47.0 Å². The molecule has 0 fully saturated rings. The van der Waals surface area contributed by atoms with Crippen LogP contribution < -0.4 is 0 Å². The summed E-state index contributed by atoms with van der Waals surface area (Å²) < 4.78 is 50.8. The molecule has 0 aromatic carbocycles. The van der Waals surface area contributed by atoms with Crippen LogP contribution in [0, 0.1) is 0 Å². The lowest BCUT2D eigenvalue weighted by Gasteiger charge is -2.16. The first-order chi connectivity index (χ1) is 8.42. The van der Waals surface area contributed by atoms with Crippen LogP contribution in [0.25, 0.3) is 0 Å². The van der Waals surface area contributed by atoms with Gasteiger partial charge in [-0.05, 0) is 18.6 Å². The zero-order chi connectivity index (χ0) is 13.6. The molecule has 0 unspecified atom stereocenters. The van der Waals surface area contributed by atoms with Crippen LogP contribution in [0.2, 0.25) is 0 Å². The molecule has 0 saturated carbocycles. The minimum absolute atomic E-state index is 0.201. The lowest BCUT2D eigenvalue weighted by molar-refractivity contribution is 0.0785. The summed E-state index contributed by atoms with van der Waals surface area (Å²) >= 11 is 0. The molecule has 0 aliphatic rings. The largest absolute Gasteiger partial charge is 0.351 e. The van der Waals surface area contributed by atoms with E-state index < -0.39 is 26.5 Å². The molecular formula is C12H17F2NO2S. The van der Waals surface area contributed by atoms with Gasteiger partial charge in [-0.2, -0.15) is 8.78 Å². The molecule has 0 radical (unpaired) electrons. The molecule has 0 amide bonds. The Morgan fingerprint density at radius 1 is 1.22 bits per heavy atom. The number of unbranched alkanes of at least 4 members (excludes halogenated alkanes) is 3. The molecule has 0 bridgehead atoms. The van der Waals surface area contributed by atoms with Gasteiger partial charge in [0.15, 0.2) is 5.03 Å². The second kappa shape index (κ2) is 6.22. The highest BCUT2D eigenvalue weighted by atomic mass is 32.2. The fourth-order valence-electron chi connectivity index (χ4n) is 1.55. The van der Waals surface area contributed by atoms with E-state index in [0.717, 1.165) is 18.9 Å². The third-order valence-corrected chi connectivity index (χ3v) is 4.41. The van der Waals surface area contributed by atoms with Gasteiger partial charge in [0.2, 0.25) is 0 Å². The summed E-state index contributed by atoms with van der Waals surface area (Å²) in [7, 11) is -4.67. The van der Waals surface area contributed by atoms with E-state index in [1.807, 2.05) is 6.92 Å². The molecule has 1 rings (SSSR count). The van der Waals surface area contributed by atoms with Gasteiger partial charge in [0.05, 0.1) is 0 Å². The SMILES string of the molecule is CCCCCCC(F)(F)S(=O)(=O)c1ccccn1. The number of halogens is 2. The number of aromatic nitrogens is 1. The fraction of sp³-hybridized carbons (Fsp3) is 0.583. The molecule has 102 valence electrons. The van der Waals surface area contributed by atoms with Crippen LogP contribution in [0.3, 0.4) is 0 Å². The van der Waals surface area contributed by atoms with Crippen LogP contribution in [0.5, 0.6) is 0 Å². The van der Waals surface area contributed by atoms with Gasteiger partial charge in [-0.1, -0.05) is 32.3 Å². The average molecular weight is 277 g/mol. The highest BCUT2D eigenvalue weighted by Gasteiger charge is 2.45. The number of nitrogens with zero attached hydrogens (tertiary/aromatic N) is 1. The molecule has 3 nitrogen and oxygen atoms in total. The zero-order valence-electron chi connectivity index (χ0n) is 10.3. The van der Waals surface area contributed by atoms with Crippen molar-refractivity contribution in [3.05, 3.63) is 24.4 Å². The Hall–Kier alpha value is -1.04. The van der Waals surface area contributed by atoms with Gasteiger partial charge in [-0.25, -0.2) is 13.4 Å². The Bertz CT molecular complexity index is 460. The monoisotopic (exact) mass is 277 g/mol. The number of sulfone groups is 1. The normalized spacial score (nSPS) is 12.6. The van der Waals surface area contributed by atoms with E-state index in [4.69, 9.17) is 0 Å². The first kappa shape index (κ1) is 15.0. The Morgan fingerprint density at radius 3 is 2.50 bits per heavy atom. The Morgan fingerprint density at radius 2 is 1.94 bits per heavy atom. The molecule has 6 heteroatoms. The standard InChI is InChI=1S/C12H17F2NO2S/c1-2-3-4-6-9-12(13,14)18(16,17)11-8-5-7-10-15-11/h5,7-8,10H,2-4,6,9H2,1H3. The quantitative estimate of drug-likeness (QED) is 0.717. The maximum Gasteiger partial charge on any atom is 0.351 e. The van der Waals surface area contributed by atoms with Crippen molar-refractivity contribution in [2.45, 2.75) is 49.3 Å². The smallest absolute Gasteiger partial charge is 0.245 e. The molecule has 1 heterocycles. The molecule has 18 heavy (non-hydrogen) atoms. The van der Waals surface area contributed by atoms with E-state index in [2.05, 4.69) is 4.98 Å². The summed E-state index contributed by atoms with van der Waals surface area (Å²) in [5, 5.41) is -4.31. The van der Waals surface area contributed by atoms with Gasteiger partial charge >= 0.3 is 5.25 Å². The number of hydrogen-bond donors (Lipinski definition) is 0. The zero-order valence-corrected chi connectivity index (χ0v) is 11.1. The molecule has 0 spiro atoms. The molecule has 0 aliphatic carbocycles. The van der Waals surface area contributed by atoms with E-state index >= 15 is 0 Å². The number of alkyl halides is 2. The summed E-state index contributed by atoms with van der Waals surface area (Å²) in [5.74, 6) is 0. The van der Waals surface area contributed by atoms with Gasteiger partial charge < -0.3 is 0 Å². The second-order valence-electron chi connectivity index (χ2n) is 4.12. The van der Waals surface area contributed by atoms with Crippen molar-refractivity contribution in [1.29, 1.82) is 0 Å². The maximum atomic E-state index is 13.7. The average Bonchev–Trinajstić information content (AvgIpc) is 2.35. The van der Waals surface area contributed by atoms with Gasteiger partial charge in [0, 0.05) is 12.6 Å². The predicted octanol–water partition coefficient (Wildman–Crippen LogP) is 3.42. The Labute approximate surface area is 106 Å². The fourth-order valence-corrected chi connectivity index (χ4v) is 2.73. The van der Waals surface area contributed by atoms with Crippen LogP contribution in [-0.2, 0) is 9.84 Å². The van der Waals surface area contributed by atoms with Crippen molar-refractivity contribution in [2.75, 3.05) is 0 Å². The van der Waals surface area contributed by atoms with Gasteiger partial charge in [-0.15, -0.1) is 0 Å². The highest BCUT2D eigenvalue weighted by Crippen LogP contribution is 2.32. The van der Waals surface area contributed by atoms with E-state index in [-0.39, 0.29) is 6.42 Å². The van der Waals surface area contributed by atoms with E-state index in [9.17, 15) is 17.2 Å². The first-order valence-electron chi connectivity index (χ1n) is 5.95. The number of rotatable bonds is 7. The first-order valence-corrected chi connectivity index (χ1v) is 7.43. The molecule has 1 aromatic rings. The van der Waals surface area contributed by atoms with Gasteiger partial charge in [0.25, 0.3) is 9.84 Å². The molecule has 0 N–H and O–H groups in total. The molecule has 1 aromatic heterocycles. The van der Waals surface area contributed by atoms with Crippen molar-refractivity contribution < 1.29 is 17.2 Å². The van der Waals surface area contributed by atoms with Crippen LogP contribution in [0.15, 0.2) is 29.4 Å². The Balaban J connectivity index is 2.77. The van der Waals surface area contributed by atoms with Crippen molar-refractivity contribution in [1.82, 2.24) is 4.98 Å². The molecule has 0 saturated heterocycles. The number of pyridine rings is 1. The predicted molar refractivity (Wildman–Crippen MR) is 65.1 cm³/mol. The van der Waals surface area contributed by atoms with Crippen molar-refractivity contribution >= 4 is 9.84 Å². The van der Waals surface area contributed by atoms with Crippen LogP contribution in [0.1, 0.15) is 39.0 Å². The summed E-state index contributed by atoms with van der Waals surface area (Å²) in [6, 6.07) is 3.96. The summed E-state index contributed by atoms with van der Waals surface area (Å²) in [5.41, 5.74) is 0. The minimum Gasteiger partial charge on any atom is -0.245 e. The number of hydrogen-bond acceptors (Lipinski definition) is 3. The van der Waals surface area contributed by atoms with Crippen molar-refractivity contribution in [2.24, 2.45) is 0 Å². The summed E-state index contributed by atoms with van der Waals surface area (Å²) in [6.45, 7) is 1.96. The highest BCUT2D eigenvalue weighted by molar-refractivity contribution is 7.92. The van der Waals surface area contributed by atoms with Crippen molar-refractivity contribution in [3.8, 4) is 0 Å². The lowest BCUT2D eigenvalue weighted by Crippen LogP contribution is -2.29. The van der Waals surface area contributed by atoms with E-state index in [1.165, 1.54) is 18.3 Å². The molecule has 0 atom stereocenters. The second-order valence-corrected chi connectivity index (χ2v) is 6.14. The molecule has 0 aliphatic heterocycles. The maximum absolute atomic E-state index is 13.7. The third-order valence-electron chi connectivity index (χ3n) is 2.63. The van der Waals surface area contributed by atoms with Crippen LogP contribution >= 0.6 is 0 Å². The van der Waals surface area contributed by atoms with Gasteiger partial charge in [0.1, 0.15) is 0 Å². The van der Waals surface area contributed by atoms with E-state index in [0.29, 0.717) is 6.42 Å². The summed E-state index contributed by atoms with van der Waals surface area (Å²) in [6.07, 6.45) is 3.11. The van der Waals surface area contributed by atoms with Crippen LogP contribution in [-0.4, -0.2) is 18.7 Å². The van der Waals surface area contributed by atoms with Gasteiger partial charge in [-0.3, -0.25) is 0 Å². The third kappa shape index (κ3) is 3.48. The molecular weight excluding hydrogens is 260 g/mol. The Kier molecular flexibility index (Phi) is 5.19. The lowest BCUT2D eigenvalue weighted by atomic mass is 10.2. The van der Waals surface area contributed by atoms with Crippen LogP contribution in [0.4, 0.5) is 8.78 Å². The van der Waals surface area contributed by atoms with Crippen molar-refractivity contribution in [3.63, 3.8) is 0 Å². The van der Waals surface area contributed by atoms with E-state index in [1.54, 1.807) is 0 Å². The minimum atomic E-state index is -4.67. The summed E-state index contributed by atoms with van der Waals surface area (Å²) in [4.78, 5) is 3.49.